The van der Waals surface area contributed by atoms with Crippen LogP contribution in [-0.4, -0.2) is 11.6 Å². The standard InChI is InChI=1S/C94H78F4N4O2S4/c1-7-11-15-19-23-55-27-35-59(36-28-55)93(60-37-29-56(30-38-60)24-20-16-12-8-2)73-47-70-74(48-69(73)89-85(93)91-81(107-89)45-63(105-91)43-71-83(79(53-99)101-5)65-49-75(95)77(97)51-67(65)87(71)103)94(61-39-31-57(32-40-61)25-21-17-13-9-3,62-41-33-58(34-42-62)26-22-18-14-10-4)86-90(70)108-82-46-64(106-92(82)86)44-72-84(80(54-100)102-6)66-50-76(96)78(98)52-68(66)88(72)104/h27-52H,7-26H2,1-4H3/b71-43-,72-44-,83-79-,84-80+. The van der Waals surface area contributed by atoms with Crippen molar-refractivity contribution in [1.29, 1.82) is 10.5 Å². The van der Waals surface area contributed by atoms with Crippen LogP contribution in [0.5, 0.6) is 0 Å². The lowest BCUT2D eigenvalue weighted by Gasteiger charge is -2.36. The number of carbonyl (C=O) groups excluding carboxylic acids is 2. The summed E-state index contributed by atoms with van der Waals surface area (Å²) in [6, 6.07) is 53.6. The van der Waals surface area contributed by atoms with Crippen molar-refractivity contribution in [3.05, 3.63) is 313 Å². The highest BCUT2D eigenvalue weighted by atomic mass is 32.1. The number of benzene rings is 7. The van der Waals surface area contributed by atoms with Gasteiger partial charge >= 0.3 is 0 Å². The van der Waals surface area contributed by atoms with E-state index in [4.69, 9.17) is 13.1 Å². The van der Waals surface area contributed by atoms with Crippen molar-refractivity contribution < 1.29 is 27.2 Å². The number of rotatable bonds is 26. The molecular formula is C94H78F4N4O2S4. The second kappa shape index (κ2) is 30.8. The highest BCUT2D eigenvalue weighted by molar-refractivity contribution is 7.31. The van der Waals surface area contributed by atoms with Gasteiger partial charge in [-0.2, -0.15) is 0 Å². The molecule has 0 amide bonds. The van der Waals surface area contributed by atoms with Crippen molar-refractivity contribution in [2.75, 3.05) is 0 Å². The van der Waals surface area contributed by atoms with Gasteiger partial charge in [-0.1, -0.05) is 202 Å². The zero-order valence-electron chi connectivity index (χ0n) is 60.9. The third-order valence-electron chi connectivity index (χ3n) is 22.5. The summed E-state index contributed by atoms with van der Waals surface area (Å²) >= 11 is 6.42. The average molecular weight is 1500 g/mol. The third kappa shape index (κ3) is 12.6. The Hall–Kier alpha value is -10.2. The van der Waals surface area contributed by atoms with E-state index in [2.05, 4.69) is 159 Å². The van der Waals surface area contributed by atoms with Crippen LogP contribution in [0, 0.1) is 59.1 Å². The first-order valence-electron chi connectivity index (χ1n) is 37.9. The number of aryl methyl sites for hydroxylation is 4. The molecule has 0 spiro atoms. The van der Waals surface area contributed by atoms with Gasteiger partial charge in [-0.3, -0.25) is 9.59 Å². The van der Waals surface area contributed by atoms with E-state index in [9.17, 15) is 20.1 Å². The Labute approximate surface area is 645 Å². The number of thiophene rings is 4. The fourth-order valence-corrected chi connectivity index (χ4v) is 22.6. The zero-order valence-corrected chi connectivity index (χ0v) is 64.2. The average Bonchev–Trinajstić information content (AvgIpc) is 1.49. The molecule has 14 heteroatoms. The largest absolute Gasteiger partial charge is 0.289 e. The first kappa shape index (κ1) is 73.4. The SMILES string of the molecule is [C-]#[N+]/C(C#N)=C1\C(=C\c2cc3sc4c(c3s2)C(c2ccc(CCCCCC)cc2)(c2ccc(CCCCCC)cc2)c2cc3c(cc2-4)C(c2ccc(CCCCCC)cc2)(c2ccc(CCCCCC)cc2)c2c-3sc3cc(/C=C4\C(=O)c5cc(F)c(F)cc5\C4=C(\C#N)[N+]#[C-])sc23)C(=O)c2cc(F)c(F)cc21. The van der Waals surface area contributed by atoms with Crippen LogP contribution in [-0.2, 0) is 36.5 Å². The number of unbranched alkanes of at least 4 members (excludes halogenated alkanes) is 12. The molecule has 0 N–H and O–H groups in total. The van der Waals surface area contributed by atoms with E-state index in [-0.39, 0.29) is 44.5 Å². The highest BCUT2D eigenvalue weighted by Crippen LogP contribution is 2.68. The van der Waals surface area contributed by atoms with Crippen LogP contribution in [0.15, 0.2) is 168 Å². The molecule has 538 valence electrons. The summed E-state index contributed by atoms with van der Waals surface area (Å²) in [5, 5.41) is 20.8. The molecule has 6 nitrogen and oxygen atoms in total. The van der Waals surface area contributed by atoms with E-state index in [0.717, 1.165) is 237 Å². The molecule has 4 heterocycles. The van der Waals surface area contributed by atoms with Crippen LogP contribution in [0.4, 0.5) is 17.6 Å². The molecule has 11 aromatic rings. The van der Waals surface area contributed by atoms with Crippen molar-refractivity contribution in [2.24, 2.45) is 0 Å². The number of allylic oxidation sites excluding steroid dienone is 6. The highest BCUT2D eigenvalue weighted by Gasteiger charge is 2.55. The van der Waals surface area contributed by atoms with Crippen LogP contribution in [0.1, 0.15) is 239 Å². The number of halogens is 4. The number of nitrogens with zero attached hydrogens (tertiary/aromatic N) is 4. The van der Waals surface area contributed by atoms with Gasteiger partial charge in [0.1, 0.15) is 0 Å². The van der Waals surface area contributed by atoms with E-state index in [1.54, 1.807) is 34.8 Å². The quantitative estimate of drug-likeness (QED) is 0.0178. The molecule has 0 fully saturated rings. The summed E-state index contributed by atoms with van der Waals surface area (Å²) in [5.74, 6) is -5.99. The van der Waals surface area contributed by atoms with Gasteiger partial charge in [-0.15, -0.1) is 45.3 Å². The fourth-order valence-electron chi connectivity index (χ4n) is 17.2. The maximum Gasteiger partial charge on any atom is 0.270 e. The Morgan fingerprint density at radius 2 is 0.694 bits per heavy atom. The molecule has 7 aromatic carbocycles. The molecule has 0 saturated heterocycles. The molecule has 0 radical (unpaired) electrons. The minimum absolute atomic E-state index is 0.00460. The van der Waals surface area contributed by atoms with Crippen LogP contribution in [0.2, 0.25) is 0 Å². The summed E-state index contributed by atoms with van der Waals surface area (Å²) < 4.78 is 64.5. The van der Waals surface area contributed by atoms with Crippen LogP contribution < -0.4 is 0 Å². The van der Waals surface area contributed by atoms with Gasteiger partial charge in [0.15, 0.2) is 34.8 Å². The molecule has 4 aliphatic carbocycles. The van der Waals surface area contributed by atoms with Crippen molar-refractivity contribution in [2.45, 2.75) is 167 Å². The number of hydrogen-bond donors (Lipinski definition) is 0. The van der Waals surface area contributed by atoms with Crippen molar-refractivity contribution in [3.63, 3.8) is 0 Å². The Balaban J connectivity index is 1.01. The Morgan fingerprint density at radius 3 is 0.972 bits per heavy atom. The minimum atomic E-state index is -1.20. The molecular weight excluding hydrogens is 1420 g/mol. The van der Waals surface area contributed by atoms with Gasteiger partial charge in [0.25, 0.3) is 11.4 Å². The molecule has 0 bridgehead atoms. The molecule has 0 aliphatic heterocycles. The van der Waals surface area contributed by atoms with E-state index < -0.39 is 57.1 Å². The van der Waals surface area contributed by atoms with Gasteiger partial charge in [0, 0.05) is 73.5 Å². The van der Waals surface area contributed by atoms with Crippen molar-refractivity contribution in [1.82, 2.24) is 0 Å². The predicted molar refractivity (Wildman–Crippen MR) is 435 cm³/mol. The number of hydrogen-bond acceptors (Lipinski definition) is 8. The summed E-state index contributed by atoms with van der Waals surface area (Å²) in [7, 11) is 0. The smallest absolute Gasteiger partial charge is 0.270 e. The third-order valence-corrected chi connectivity index (χ3v) is 27.3. The van der Waals surface area contributed by atoms with Crippen LogP contribution in [0.25, 0.3) is 72.7 Å². The first-order chi connectivity index (χ1) is 52.7. The molecule has 15 rings (SSSR count). The van der Waals surface area contributed by atoms with E-state index in [1.165, 1.54) is 44.9 Å². The lowest BCUT2D eigenvalue weighted by molar-refractivity contribution is 0.103. The number of ketones is 2. The fraction of sp³-hybridized carbons (Fsp3) is 0.277. The van der Waals surface area contributed by atoms with Crippen LogP contribution >= 0.6 is 45.3 Å². The number of fused-ring (bicyclic) bond motifs is 12. The van der Waals surface area contributed by atoms with Gasteiger partial charge in [-0.25, -0.2) is 37.8 Å². The Morgan fingerprint density at radius 1 is 0.398 bits per heavy atom. The number of nitriles is 2. The van der Waals surface area contributed by atoms with Gasteiger partial charge < -0.3 is 0 Å². The molecule has 108 heavy (non-hydrogen) atoms. The summed E-state index contributed by atoms with van der Waals surface area (Å²) in [6.07, 6.45) is 25.1. The lowest BCUT2D eigenvalue weighted by atomic mass is 9.65. The van der Waals surface area contributed by atoms with Crippen LogP contribution in [0.3, 0.4) is 0 Å². The first-order valence-corrected chi connectivity index (χ1v) is 41.2. The molecule has 4 aliphatic rings. The maximum absolute atomic E-state index is 15.2. The molecule has 0 unspecified atom stereocenters. The summed E-state index contributed by atoms with van der Waals surface area (Å²) in [4.78, 5) is 39.8. The Bertz CT molecular complexity index is 5270. The number of Topliss-reactive ketones (excluding diaryl/α,β-unsaturated/α-hetero) is 2. The zero-order chi connectivity index (χ0) is 75.1. The predicted octanol–water partition coefficient (Wildman–Crippen LogP) is 26.9. The molecule has 0 saturated carbocycles. The number of carbonyl (C=O) groups is 2. The van der Waals surface area contributed by atoms with Gasteiger partial charge in [-0.05, 0) is 190 Å². The van der Waals surface area contributed by atoms with Gasteiger partial charge in [0.2, 0.25) is 0 Å². The van der Waals surface area contributed by atoms with Gasteiger partial charge in [0.05, 0.1) is 45.5 Å². The Kier molecular flexibility index (Phi) is 20.9. The van der Waals surface area contributed by atoms with E-state index >= 15 is 17.6 Å². The minimum Gasteiger partial charge on any atom is -0.289 e. The maximum atomic E-state index is 15.2. The second-order valence-corrected chi connectivity index (χ2v) is 33.3. The topological polar surface area (TPSA) is 90.4 Å². The van der Waals surface area contributed by atoms with E-state index in [1.807, 2.05) is 12.1 Å². The summed E-state index contributed by atoms with van der Waals surface area (Å²) in [5.41, 5.74) is 12.9. The molecule has 0 atom stereocenters. The summed E-state index contributed by atoms with van der Waals surface area (Å²) in [6.45, 7) is 25.0. The van der Waals surface area contributed by atoms with Crippen molar-refractivity contribution >= 4 is 99.0 Å². The second-order valence-electron chi connectivity index (χ2n) is 29.1. The van der Waals surface area contributed by atoms with E-state index in [0.29, 0.717) is 9.75 Å². The lowest BCUT2D eigenvalue weighted by Crippen LogP contribution is -2.30. The van der Waals surface area contributed by atoms with Crippen molar-refractivity contribution in [3.8, 4) is 33.0 Å². The molecule has 4 aromatic heterocycles. The normalized spacial score (nSPS) is 15.8. The monoisotopic (exact) mass is 1500 g/mol.